The van der Waals surface area contributed by atoms with Crippen LogP contribution >= 0.6 is 0 Å². The SMILES string of the molecule is COc1ccc2c(c1)C(C)(C)c1c(c3cc([NH+](O)O)ccc3n1C)C2. The Morgan fingerprint density at radius 2 is 1.88 bits per heavy atom. The summed E-state index contributed by atoms with van der Waals surface area (Å²) >= 11 is 0. The molecule has 1 heterocycles. The summed E-state index contributed by atoms with van der Waals surface area (Å²) in [6, 6.07) is 11.8. The van der Waals surface area contributed by atoms with Crippen molar-refractivity contribution in [1.82, 2.24) is 4.57 Å². The first-order valence-electron chi connectivity index (χ1n) is 8.39. The third-order valence-corrected chi connectivity index (χ3v) is 5.51. The minimum absolute atomic E-state index is 0.170. The average molecular weight is 339 g/mol. The number of methoxy groups -OCH3 is 1. The van der Waals surface area contributed by atoms with Crippen molar-refractivity contribution in [2.75, 3.05) is 7.11 Å². The van der Waals surface area contributed by atoms with Crippen LogP contribution in [0.4, 0.5) is 5.69 Å². The van der Waals surface area contributed by atoms with Crippen LogP contribution < -0.4 is 9.96 Å². The molecule has 130 valence electrons. The van der Waals surface area contributed by atoms with Crippen LogP contribution in [0.1, 0.15) is 36.2 Å². The van der Waals surface area contributed by atoms with Gasteiger partial charge >= 0.3 is 0 Å². The first-order chi connectivity index (χ1) is 11.8. The number of aromatic nitrogens is 1. The highest BCUT2D eigenvalue weighted by atomic mass is 16.8. The van der Waals surface area contributed by atoms with Gasteiger partial charge in [-0.3, -0.25) is 0 Å². The Labute approximate surface area is 146 Å². The van der Waals surface area contributed by atoms with Gasteiger partial charge in [0.05, 0.1) is 7.11 Å². The number of nitrogens with zero attached hydrogens (tertiary/aromatic N) is 1. The average Bonchev–Trinajstić information content (AvgIpc) is 2.87. The second-order valence-corrected chi connectivity index (χ2v) is 7.27. The van der Waals surface area contributed by atoms with E-state index in [9.17, 15) is 10.4 Å². The maximum atomic E-state index is 9.46. The molecule has 0 atom stereocenters. The maximum Gasteiger partial charge on any atom is 0.197 e. The number of quaternary nitrogens is 1. The van der Waals surface area contributed by atoms with E-state index in [0.717, 1.165) is 23.1 Å². The molecule has 0 saturated carbocycles. The molecule has 4 rings (SSSR count). The van der Waals surface area contributed by atoms with E-state index in [4.69, 9.17) is 4.74 Å². The molecule has 1 aliphatic rings. The van der Waals surface area contributed by atoms with Crippen LogP contribution in [-0.2, 0) is 18.9 Å². The van der Waals surface area contributed by atoms with Crippen molar-refractivity contribution in [3.63, 3.8) is 0 Å². The van der Waals surface area contributed by atoms with Crippen LogP contribution in [0, 0.1) is 0 Å². The molecular formula is C20H23N2O3+. The number of aryl methyl sites for hydroxylation is 1. The normalized spacial score (nSPS) is 15.3. The lowest BCUT2D eigenvalue weighted by molar-refractivity contribution is -1.19. The zero-order chi connectivity index (χ0) is 17.9. The third-order valence-electron chi connectivity index (χ3n) is 5.51. The van der Waals surface area contributed by atoms with Gasteiger partial charge in [-0.25, -0.2) is 0 Å². The summed E-state index contributed by atoms with van der Waals surface area (Å²) in [5.74, 6) is 0.871. The number of ether oxygens (including phenoxy) is 1. The van der Waals surface area contributed by atoms with Crippen molar-refractivity contribution in [1.29, 1.82) is 0 Å². The number of hydrogen-bond acceptors (Lipinski definition) is 3. The van der Waals surface area contributed by atoms with Crippen LogP contribution in [0.2, 0.25) is 0 Å². The molecule has 0 unspecified atom stereocenters. The van der Waals surface area contributed by atoms with Gasteiger partial charge in [0.2, 0.25) is 0 Å². The zero-order valence-corrected chi connectivity index (χ0v) is 14.9. The minimum atomic E-state index is -0.639. The van der Waals surface area contributed by atoms with Crippen LogP contribution in [0.15, 0.2) is 36.4 Å². The Morgan fingerprint density at radius 1 is 1.12 bits per heavy atom. The van der Waals surface area contributed by atoms with Crippen molar-refractivity contribution in [3.8, 4) is 5.75 Å². The molecule has 0 aliphatic heterocycles. The van der Waals surface area contributed by atoms with Gasteiger partial charge in [-0.1, -0.05) is 19.9 Å². The Kier molecular flexibility index (Phi) is 3.44. The van der Waals surface area contributed by atoms with E-state index in [1.165, 1.54) is 22.4 Å². The summed E-state index contributed by atoms with van der Waals surface area (Å²) in [7, 11) is 3.77. The van der Waals surface area contributed by atoms with Crippen molar-refractivity contribution < 1.29 is 20.4 Å². The number of hydrogen-bond donors (Lipinski definition) is 3. The molecule has 0 amide bonds. The molecule has 1 aromatic heterocycles. The van der Waals surface area contributed by atoms with Crippen LogP contribution in [0.25, 0.3) is 10.9 Å². The molecule has 0 saturated heterocycles. The fraction of sp³-hybridized carbons (Fsp3) is 0.300. The number of rotatable bonds is 2. The predicted octanol–water partition coefficient (Wildman–Crippen LogP) is 2.71. The van der Waals surface area contributed by atoms with Crippen LogP contribution in [0.5, 0.6) is 5.75 Å². The predicted molar refractivity (Wildman–Crippen MR) is 95.0 cm³/mol. The van der Waals surface area contributed by atoms with Crippen molar-refractivity contribution in [2.24, 2.45) is 7.05 Å². The Bertz CT molecular complexity index is 986. The smallest absolute Gasteiger partial charge is 0.197 e. The fourth-order valence-electron chi connectivity index (χ4n) is 4.37. The highest BCUT2D eigenvalue weighted by Crippen LogP contribution is 2.46. The quantitative estimate of drug-likeness (QED) is 0.629. The fourth-order valence-corrected chi connectivity index (χ4v) is 4.37. The largest absolute Gasteiger partial charge is 0.497 e. The van der Waals surface area contributed by atoms with Crippen LogP contribution in [0.3, 0.4) is 0 Å². The highest BCUT2D eigenvalue weighted by molar-refractivity contribution is 5.89. The topological polar surface area (TPSA) is 59.1 Å². The van der Waals surface area contributed by atoms with Gasteiger partial charge < -0.3 is 9.30 Å². The molecule has 2 aromatic carbocycles. The van der Waals surface area contributed by atoms with Crippen molar-refractivity contribution in [3.05, 3.63) is 58.8 Å². The number of fused-ring (bicyclic) bond motifs is 4. The summed E-state index contributed by atoms with van der Waals surface area (Å²) < 4.78 is 7.66. The highest BCUT2D eigenvalue weighted by Gasteiger charge is 2.37. The molecule has 5 nitrogen and oxygen atoms in total. The van der Waals surface area contributed by atoms with Gasteiger partial charge in [-0.05, 0) is 40.1 Å². The van der Waals surface area contributed by atoms with E-state index >= 15 is 0 Å². The molecule has 1 aliphatic carbocycles. The van der Waals surface area contributed by atoms with Gasteiger partial charge in [0, 0.05) is 47.6 Å². The molecule has 0 spiro atoms. The van der Waals surface area contributed by atoms with E-state index in [-0.39, 0.29) is 5.41 Å². The van der Waals surface area contributed by atoms with Gasteiger partial charge in [0.1, 0.15) is 5.75 Å². The lowest BCUT2D eigenvalue weighted by atomic mass is 9.71. The van der Waals surface area contributed by atoms with Gasteiger partial charge in [-0.2, -0.15) is 10.4 Å². The number of nitrogens with one attached hydrogen (secondary N) is 1. The van der Waals surface area contributed by atoms with E-state index < -0.39 is 5.23 Å². The molecule has 3 N–H and O–H groups in total. The Morgan fingerprint density at radius 3 is 2.56 bits per heavy atom. The lowest BCUT2D eigenvalue weighted by Gasteiger charge is -2.34. The number of benzene rings is 2. The first kappa shape index (κ1) is 16.1. The second kappa shape index (κ2) is 5.33. The first-order valence-corrected chi connectivity index (χ1v) is 8.39. The summed E-state index contributed by atoms with van der Waals surface area (Å²) in [6.07, 6.45) is 0.824. The van der Waals surface area contributed by atoms with E-state index in [1.54, 1.807) is 13.2 Å². The van der Waals surface area contributed by atoms with Crippen molar-refractivity contribution in [2.45, 2.75) is 25.7 Å². The van der Waals surface area contributed by atoms with Gasteiger partial charge in [-0.15, -0.1) is 0 Å². The standard InChI is InChI=1S/C20H22N2O3/c1-20(2)17-11-14(25-4)7-5-12(17)9-16-15-10-13(22(23)24)6-8-18(15)21(3)19(16)20/h5-8,10-11,23-24H,9H2,1-4H3/p+1. The van der Waals surface area contributed by atoms with Gasteiger partial charge in [0.15, 0.2) is 5.69 Å². The van der Waals surface area contributed by atoms with Crippen molar-refractivity contribution >= 4 is 16.6 Å². The lowest BCUT2D eigenvalue weighted by Crippen LogP contribution is -3.01. The molecule has 0 bridgehead atoms. The Hall–Kier alpha value is -2.34. The Balaban J connectivity index is 2.01. The van der Waals surface area contributed by atoms with E-state index in [2.05, 4.69) is 37.6 Å². The minimum Gasteiger partial charge on any atom is -0.497 e. The van der Waals surface area contributed by atoms with E-state index in [1.807, 2.05) is 18.2 Å². The molecule has 3 aromatic rings. The maximum absolute atomic E-state index is 9.46. The molecule has 5 heteroatoms. The monoisotopic (exact) mass is 339 g/mol. The van der Waals surface area contributed by atoms with Crippen LogP contribution in [-0.4, -0.2) is 22.1 Å². The molecular weight excluding hydrogens is 316 g/mol. The zero-order valence-electron chi connectivity index (χ0n) is 14.9. The molecule has 25 heavy (non-hydrogen) atoms. The summed E-state index contributed by atoms with van der Waals surface area (Å²) in [4.78, 5) is 0. The second-order valence-electron chi connectivity index (χ2n) is 7.27. The van der Waals surface area contributed by atoms with Gasteiger partial charge in [0.25, 0.3) is 0 Å². The summed E-state index contributed by atoms with van der Waals surface area (Å²) in [5, 5.41) is 19.4. The molecule has 0 radical (unpaired) electrons. The molecule has 0 fully saturated rings. The summed E-state index contributed by atoms with van der Waals surface area (Å²) in [5.41, 5.74) is 6.45. The third kappa shape index (κ3) is 2.20. The summed E-state index contributed by atoms with van der Waals surface area (Å²) in [6.45, 7) is 4.47. The van der Waals surface area contributed by atoms with E-state index in [0.29, 0.717) is 5.69 Å².